The fraction of sp³-hybridized carbons (Fsp3) is 0.500. The second-order valence-electron chi connectivity index (χ2n) is 4.76. The molecule has 14 heavy (non-hydrogen) atoms. The Morgan fingerprint density at radius 2 is 2.14 bits per heavy atom. The summed E-state index contributed by atoms with van der Waals surface area (Å²) in [6.45, 7) is 4.02. The SMILES string of the molecule is CC(C)(N)C1CCc2ccc(F)cc21. The highest BCUT2D eigenvalue weighted by molar-refractivity contribution is 5.37. The maximum atomic E-state index is 13.1. The zero-order chi connectivity index (χ0) is 10.3. The first-order valence-electron chi connectivity index (χ1n) is 5.05. The van der Waals surface area contributed by atoms with Crippen molar-refractivity contribution in [2.24, 2.45) is 5.73 Å². The molecule has 0 saturated carbocycles. The van der Waals surface area contributed by atoms with Gasteiger partial charge in [-0.15, -0.1) is 0 Å². The average Bonchev–Trinajstić information content (AvgIpc) is 2.45. The summed E-state index contributed by atoms with van der Waals surface area (Å²) in [6, 6.07) is 5.06. The average molecular weight is 193 g/mol. The summed E-state index contributed by atoms with van der Waals surface area (Å²) >= 11 is 0. The van der Waals surface area contributed by atoms with Crippen molar-refractivity contribution in [2.75, 3.05) is 0 Å². The topological polar surface area (TPSA) is 26.0 Å². The molecule has 1 aromatic carbocycles. The smallest absolute Gasteiger partial charge is 0.123 e. The molecule has 1 unspecified atom stereocenters. The Morgan fingerprint density at radius 1 is 1.43 bits per heavy atom. The van der Waals surface area contributed by atoms with Gasteiger partial charge in [-0.1, -0.05) is 6.07 Å². The number of aryl methyl sites for hydroxylation is 1. The van der Waals surface area contributed by atoms with Crippen LogP contribution in [0.25, 0.3) is 0 Å². The van der Waals surface area contributed by atoms with E-state index in [1.54, 1.807) is 6.07 Å². The number of hydrogen-bond acceptors (Lipinski definition) is 1. The first-order chi connectivity index (χ1) is 6.48. The van der Waals surface area contributed by atoms with E-state index in [1.807, 2.05) is 19.9 Å². The molecule has 1 aliphatic rings. The minimum atomic E-state index is -0.251. The molecule has 1 aromatic rings. The molecule has 2 rings (SSSR count). The van der Waals surface area contributed by atoms with Crippen molar-refractivity contribution < 1.29 is 4.39 Å². The van der Waals surface area contributed by atoms with Crippen molar-refractivity contribution in [2.45, 2.75) is 38.1 Å². The van der Waals surface area contributed by atoms with Crippen LogP contribution in [0.1, 0.15) is 37.3 Å². The van der Waals surface area contributed by atoms with Crippen LogP contribution in [0.4, 0.5) is 4.39 Å². The third-order valence-corrected chi connectivity index (χ3v) is 3.08. The Balaban J connectivity index is 2.43. The van der Waals surface area contributed by atoms with Crippen LogP contribution in [0.2, 0.25) is 0 Å². The minimum Gasteiger partial charge on any atom is -0.325 e. The van der Waals surface area contributed by atoms with Crippen LogP contribution in [-0.4, -0.2) is 5.54 Å². The van der Waals surface area contributed by atoms with Crippen LogP contribution in [0, 0.1) is 5.82 Å². The summed E-state index contributed by atoms with van der Waals surface area (Å²) in [6.07, 6.45) is 2.07. The van der Waals surface area contributed by atoms with E-state index >= 15 is 0 Å². The monoisotopic (exact) mass is 193 g/mol. The third kappa shape index (κ3) is 1.55. The van der Waals surface area contributed by atoms with E-state index in [2.05, 4.69) is 0 Å². The predicted molar refractivity (Wildman–Crippen MR) is 55.7 cm³/mol. The lowest BCUT2D eigenvalue weighted by atomic mass is 9.84. The molecule has 0 saturated heterocycles. The van der Waals surface area contributed by atoms with Gasteiger partial charge in [-0.25, -0.2) is 4.39 Å². The third-order valence-electron chi connectivity index (χ3n) is 3.08. The van der Waals surface area contributed by atoms with Crippen molar-refractivity contribution in [3.05, 3.63) is 35.1 Å². The van der Waals surface area contributed by atoms with Crippen LogP contribution >= 0.6 is 0 Å². The van der Waals surface area contributed by atoms with Crippen molar-refractivity contribution >= 4 is 0 Å². The molecule has 0 aliphatic heterocycles. The van der Waals surface area contributed by atoms with Gasteiger partial charge < -0.3 is 5.73 Å². The lowest BCUT2D eigenvalue weighted by Gasteiger charge is -2.27. The van der Waals surface area contributed by atoms with Crippen LogP contribution in [0.5, 0.6) is 0 Å². The molecule has 0 bridgehead atoms. The highest BCUT2D eigenvalue weighted by atomic mass is 19.1. The van der Waals surface area contributed by atoms with E-state index in [0.29, 0.717) is 5.92 Å². The zero-order valence-electron chi connectivity index (χ0n) is 8.68. The molecular weight excluding hydrogens is 177 g/mol. The molecule has 0 fully saturated rings. The van der Waals surface area contributed by atoms with Crippen LogP contribution in [0.15, 0.2) is 18.2 Å². The van der Waals surface area contributed by atoms with E-state index in [4.69, 9.17) is 5.73 Å². The Bertz CT molecular complexity index is 352. The Morgan fingerprint density at radius 3 is 2.79 bits per heavy atom. The Hall–Kier alpha value is -0.890. The molecule has 2 N–H and O–H groups in total. The van der Waals surface area contributed by atoms with Gasteiger partial charge in [0, 0.05) is 11.5 Å². The molecule has 1 aliphatic carbocycles. The molecule has 0 heterocycles. The highest BCUT2D eigenvalue weighted by Gasteiger charge is 2.32. The Labute approximate surface area is 84.1 Å². The second kappa shape index (κ2) is 3.06. The summed E-state index contributed by atoms with van der Waals surface area (Å²) in [5, 5.41) is 0. The lowest BCUT2D eigenvalue weighted by Crippen LogP contribution is -2.38. The number of hydrogen-bond donors (Lipinski definition) is 1. The summed E-state index contributed by atoms with van der Waals surface area (Å²) < 4.78 is 13.1. The largest absolute Gasteiger partial charge is 0.325 e. The molecule has 0 spiro atoms. The van der Waals surface area contributed by atoms with Gasteiger partial charge in [0.25, 0.3) is 0 Å². The summed E-state index contributed by atoms with van der Waals surface area (Å²) in [5.74, 6) is 0.146. The zero-order valence-corrected chi connectivity index (χ0v) is 8.68. The molecular formula is C12H16FN. The Kier molecular flexibility index (Phi) is 2.11. The number of rotatable bonds is 1. The minimum absolute atomic E-state index is 0.153. The number of nitrogens with two attached hydrogens (primary N) is 1. The fourth-order valence-corrected chi connectivity index (χ4v) is 2.35. The molecule has 2 heteroatoms. The van der Waals surface area contributed by atoms with E-state index in [9.17, 15) is 4.39 Å². The molecule has 76 valence electrons. The van der Waals surface area contributed by atoms with Gasteiger partial charge in [-0.05, 0) is 49.9 Å². The quantitative estimate of drug-likeness (QED) is 0.729. The standard InChI is InChI=1S/C12H16FN/c1-12(2,14)11-6-4-8-3-5-9(13)7-10(8)11/h3,5,7,11H,4,6,14H2,1-2H3. The maximum Gasteiger partial charge on any atom is 0.123 e. The molecule has 0 aromatic heterocycles. The summed E-state index contributed by atoms with van der Waals surface area (Å²) in [7, 11) is 0. The van der Waals surface area contributed by atoms with E-state index in [1.165, 1.54) is 11.6 Å². The first-order valence-corrected chi connectivity index (χ1v) is 5.05. The van der Waals surface area contributed by atoms with Crippen molar-refractivity contribution in [3.8, 4) is 0 Å². The molecule has 1 nitrogen and oxygen atoms in total. The van der Waals surface area contributed by atoms with Gasteiger partial charge in [0.1, 0.15) is 5.82 Å². The predicted octanol–water partition coefficient (Wildman–Crippen LogP) is 2.59. The summed E-state index contributed by atoms with van der Waals surface area (Å²) in [4.78, 5) is 0. The van der Waals surface area contributed by atoms with Gasteiger partial charge in [-0.3, -0.25) is 0 Å². The van der Waals surface area contributed by atoms with Gasteiger partial charge in [-0.2, -0.15) is 0 Å². The van der Waals surface area contributed by atoms with E-state index in [-0.39, 0.29) is 11.4 Å². The summed E-state index contributed by atoms with van der Waals surface area (Å²) in [5.41, 5.74) is 8.20. The number of fused-ring (bicyclic) bond motifs is 1. The first kappa shape index (κ1) is 9.66. The normalized spacial score (nSPS) is 21.0. The second-order valence-corrected chi connectivity index (χ2v) is 4.76. The number of benzene rings is 1. The van der Waals surface area contributed by atoms with Crippen molar-refractivity contribution in [1.82, 2.24) is 0 Å². The van der Waals surface area contributed by atoms with Gasteiger partial charge in [0.05, 0.1) is 0 Å². The van der Waals surface area contributed by atoms with Gasteiger partial charge in [0.15, 0.2) is 0 Å². The number of halogens is 1. The maximum absolute atomic E-state index is 13.1. The van der Waals surface area contributed by atoms with Crippen molar-refractivity contribution in [3.63, 3.8) is 0 Å². The van der Waals surface area contributed by atoms with Crippen molar-refractivity contribution in [1.29, 1.82) is 0 Å². The fourth-order valence-electron chi connectivity index (χ4n) is 2.35. The molecule has 0 radical (unpaired) electrons. The van der Waals surface area contributed by atoms with E-state index in [0.717, 1.165) is 18.4 Å². The molecule has 1 atom stereocenters. The van der Waals surface area contributed by atoms with Crippen LogP contribution < -0.4 is 5.73 Å². The van der Waals surface area contributed by atoms with Gasteiger partial charge >= 0.3 is 0 Å². The van der Waals surface area contributed by atoms with Gasteiger partial charge in [0.2, 0.25) is 0 Å². The van der Waals surface area contributed by atoms with E-state index < -0.39 is 0 Å². The van der Waals surface area contributed by atoms with Crippen LogP contribution in [0.3, 0.4) is 0 Å². The highest BCUT2D eigenvalue weighted by Crippen LogP contribution is 2.39. The van der Waals surface area contributed by atoms with Crippen LogP contribution in [-0.2, 0) is 6.42 Å². The lowest BCUT2D eigenvalue weighted by molar-refractivity contribution is 0.408. The molecule has 0 amide bonds.